The quantitative estimate of drug-likeness (QED) is 0.930. The van der Waals surface area contributed by atoms with E-state index in [1.165, 1.54) is 0 Å². The molecule has 0 bridgehead atoms. The second kappa shape index (κ2) is 5.88. The second-order valence-electron chi connectivity index (χ2n) is 6.19. The maximum Gasteiger partial charge on any atom is 0.329 e. The van der Waals surface area contributed by atoms with E-state index >= 15 is 0 Å². The first kappa shape index (κ1) is 15.5. The molecule has 0 aliphatic carbocycles. The van der Waals surface area contributed by atoms with Crippen molar-refractivity contribution in [3.63, 3.8) is 0 Å². The molecule has 1 aliphatic rings. The number of likely N-dealkylation sites (tertiary alicyclic amines) is 1. The maximum atomic E-state index is 12.6. The highest BCUT2D eigenvalue weighted by Gasteiger charge is 2.43. The van der Waals surface area contributed by atoms with Gasteiger partial charge in [0, 0.05) is 6.54 Å². The van der Waals surface area contributed by atoms with Crippen molar-refractivity contribution in [1.82, 2.24) is 4.90 Å². The molecule has 0 saturated carbocycles. The van der Waals surface area contributed by atoms with Crippen molar-refractivity contribution in [1.29, 1.82) is 0 Å². The lowest BCUT2D eigenvalue weighted by atomic mass is 9.87. The van der Waals surface area contributed by atoms with Gasteiger partial charge in [-0.1, -0.05) is 23.8 Å². The first-order valence-electron chi connectivity index (χ1n) is 7.44. The van der Waals surface area contributed by atoms with Gasteiger partial charge in [-0.15, -0.1) is 0 Å². The number of benzene rings is 1. The molecule has 1 aliphatic heterocycles. The first-order chi connectivity index (χ1) is 9.84. The third-order valence-corrected chi connectivity index (χ3v) is 4.50. The fourth-order valence-corrected chi connectivity index (χ4v) is 2.99. The van der Waals surface area contributed by atoms with Gasteiger partial charge in [-0.25, -0.2) is 4.79 Å². The molecule has 0 spiro atoms. The average Bonchev–Trinajstić information content (AvgIpc) is 2.43. The Bertz CT molecular complexity index is 567. The predicted octanol–water partition coefficient (Wildman–Crippen LogP) is 2.70. The molecule has 1 saturated heterocycles. The van der Waals surface area contributed by atoms with E-state index in [1.54, 1.807) is 11.8 Å². The summed E-state index contributed by atoms with van der Waals surface area (Å²) in [5.74, 6) is -0.996. The number of aliphatic carboxylic acids is 1. The minimum atomic E-state index is -1.06. The third kappa shape index (κ3) is 3.09. The lowest BCUT2D eigenvalue weighted by Gasteiger charge is -2.41. The van der Waals surface area contributed by atoms with E-state index in [1.807, 2.05) is 32.0 Å². The van der Waals surface area contributed by atoms with E-state index in [2.05, 4.69) is 0 Å². The van der Waals surface area contributed by atoms with Gasteiger partial charge in [0.05, 0.1) is 6.42 Å². The molecular weight excluding hydrogens is 266 g/mol. The summed E-state index contributed by atoms with van der Waals surface area (Å²) < 4.78 is 0. The minimum Gasteiger partial charge on any atom is -0.480 e. The summed E-state index contributed by atoms with van der Waals surface area (Å²) in [5, 5.41) is 9.49. The van der Waals surface area contributed by atoms with Crippen molar-refractivity contribution < 1.29 is 14.7 Å². The molecule has 4 heteroatoms. The number of aryl methyl sites for hydroxylation is 2. The summed E-state index contributed by atoms with van der Waals surface area (Å²) in [5.41, 5.74) is 2.11. The Labute approximate surface area is 125 Å². The molecule has 4 nitrogen and oxygen atoms in total. The molecule has 21 heavy (non-hydrogen) atoms. The molecule has 1 atom stereocenters. The summed E-state index contributed by atoms with van der Waals surface area (Å²) in [6, 6.07) is 6.03. The Balaban J connectivity index is 2.22. The van der Waals surface area contributed by atoms with Gasteiger partial charge in [0.15, 0.2) is 0 Å². The molecule has 1 unspecified atom stereocenters. The van der Waals surface area contributed by atoms with Gasteiger partial charge in [0.2, 0.25) is 5.91 Å². The summed E-state index contributed by atoms with van der Waals surface area (Å²) in [7, 11) is 0. The van der Waals surface area contributed by atoms with Gasteiger partial charge in [-0.3, -0.25) is 4.79 Å². The Hall–Kier alpha value is -1.84. The Morgan fingerprint density at radius 3 is 2.67 bits per heavy atom. The Kier molecular flexibility index (Phi) is 4.35. The maximum absolute atomic E-state index is 12.6. The summed E-state index contributed by atoms with van der Waals surface area (Å²) in [6.07, 6.45) is 2.54. The van der Waals surface area contributed by atoms with Crippen molar-refractivity contribution in [3.05, 3.63) is 34.9 Å². The molecule has 1 aromatic rings. The number of amides is 1. The van der Waals surface area contributed by atoms with Gasteiger partial charge in [0.1, 0.15) is 5.54 Å². The zero-order valence-corrected chi connectivity index (χ0v) is 13.0. The van der Waals surface area contributed by atoms with Crippen LogP contribution >= 0.6 is 0 Å². The number of piperidine rings is 1. The molecule has 1 aromatic carbocycles. The minimum absolute atomic E-state index is 0.0895. The number of carboxylic acid groups (broad SMARTS) is 1. The normalized spacial score (nSPS) is 22.1. The zero-order chi connectivity index (χ0) is 15.6. The van der Waals surface area contributed by atoms with Crippen molar-refractivity contribution in [2.45, 2.75) is 52.0 Å². The van der Waals surface area contributed by atoms with Crippen LogP contribution in [-0.2, 0) is 16.0 Å². The lowest BCUT2D eigenvalue weighted by Crippen LogP contribution is -2.57. The molecular formula is C17H23NO3. The van der Waals surface area contributed by atoms with E-state index in [0.717, 1.165) is 29.5 Å². The summed E-state index contributed by atoms with van der Waals surface area (Å²) in [4.78, 5) is 25.7. The van der Waals surface area contributed by atoms with Crippen LogP contribution in [0.1, 0.15) is 42.9 Å². The van der Waals surface area contributed by atoms with Gasteiger partial charge >= 0.3 is 5.97 Å². The monoisotopic (exact) mass is 289 g/mol. The molecule has 1 N–H and O–H groups in total. The lowest BCUT2D eigenvalue weighted by molar-refractivity contribution is -0.160. The zero-order valence-electron chi connectivity index (χ0n) is 13.0. The van der Waals surface area contributed by atoms with Crippen LogP contribution in [0.25, 0.3) is 0 Å². The van der Waals surface area contributed by atoms with E-state index < -0.39 is 11.5 Å². The van der Waals surface area contributed by atoms with Crippen LogP contribution in [0.2, 0.25) is 0 Å². The molecule has 1 fully saturated rings. The third-order valence-electron chi connectivity index (χ3n) is 4.50. The number of carbonyl (C=O) groups is 2. The number of nitrogens with zero attached hydrogens (tertiary/aromatic N) is 1. The number of hydrogen-bond acceptors (Lipinski definition) is 2. The van der Waals surface area contributed by atoms with Gasteiger partial charge in [-0.2, -0.15) is 0 Å². The number of carboxylic acids is 1. The van der Waals surface area contributed by atoms with Gasteiger partial charge in [-0.05, 0) is 51.2 Å². The molecule has 0 aromatic heterocycles. The highest BCUT2D eigenvalue weighted by Crippen LogP contribution is 2.29. The van der Waals surface area contributed by atoms with Gasteiger partial charge < -0.3 is 10.0 Å². The second-order valence-corrected chi connectivity index (χ2v) is 6.19. The summed E-state index contributed by atoms with van der Waals surface area (Å²) in [6.45, 7) is 6.17. The van der Waals surface area contributed by atoms with Crippen LogP contribution in [0.3, 0.4) is 0 Å². The van der Waals surface area contributed by atoms with Crippen molar-refractivity contribution in [3.8, 4) is 0 Å². The van der Waals surface area contributed by atoms with Gasteiger partial charge in [0.25, 0.3) is 0 Å². The first-order valence-corrected chi connectivity index (χ1v) is 7.44. The Morgan fingerprint density at radius 2 is 2.00 bits per heavy atom. The molecule has 1 heterocycles. The van der Waals surface area contributed by atoms with E-state index in [-0.39, 0.29) is 12.3 Å². The topological polar surface area (TPSA) is 57.6 Å². The number of rotatable bonds is 3. The van der Waals surface area contributed by atoms with E-state index in [9.17, 15) is 14.7 Å². The van der Waals surface area contributed by atoms with Crippen molar-refractivity contribution in [2.75, 3.05) is 6.54 Å². The van der Waals surface area contributed by atoms with Crippen LogP contribution in [0.4, 0.5) is 0 Å². The standard InChI is InChI=1S/C17H23NO3/c1-12-6-7-13(2)14(10-12)11-15(19)18-9-5-4-8-17(18,3)16(20)21/h6-7,10H,4-5,8-9,11H2,1-3H3,(H,20,21). The van der Waals surface area contributed by atoms with Crippen LogP contribution < -0.4 is 0 Å². The molecule has 114 valence electrons. The van der Waals surface area contributed by atoms with Crippen LogP contribution in [0, 0.1) is 13.8 Å². The number of hydrogen-bond donors (Lipinski definition) is 1. The summed E-state index contributed by atoms with van der Waals surface area (Å²) >= 11 is 0. The number of carbonyl (C=O) groups excluding carboxylic acids is 1. The fourth-order valence-electron chi connectivity index (χ4n) is 2.99. The van der Waals surface area contributed by atoms with Crippen LogP contribution in [0.5, 0.6) is 0 Å². The van der Waals surface area contributed by atoms with Crippen LogP contribution in [0.15, 0.2) is 18.2 Å². The smallest absolute Gasteiger partial charge is 0.329 e. The van der Waals surface area contributed by atoms with E-state index in [0.29, 0.717) is 13.0 Å². The Morgan fingerprint density at radius 1 is 1.29 bits per heavy atom. The highest BCUT2D eigenvalue weighted by molar-refractivity contribution is 5.88. The average molecular weight is 289 g/mol. The largest absolute Gasteiger partial charge is 0.480 e. The van der Waals surface area contributed by atoms with E-state index in [4.69, 9.17) is 0 Å². The van der Waals surface area contributed by atoms with Crippen LogP contribution in [-0.4, -0.2) is 34.0 Å². The highest BCUT2D eigenvalue weighted by atomic mass is 16.4. The fraction of sp³-hybridized carbons (Fsp3) is 0.529. The SMILES string of the molecule is Cc1ccc(C)c(CC(=O)N2CCCCC2(C)C(=O)O)c1. The molecule has 2 rings (SSSR count). The van der Waals surface area contributed by atoms with Crippen molar-refractivity contribution in [2.24, 2.45) is 0 Å². The molecule has 0 radical (unpaired) electrons. The molecule has 1 amide bonds. The van der Waals surface area contributed by atoms with Crippen molar-refractivity contribution >= 4 is 11.9 Å². The predicted molar refractivity (Wildman–Crippen MR) is 81.2 cm³/mol.